The second-order valence-electron chi connectivity index (χ2n) is 7.43. The van der Waals surface area contributed by atoms with Crippen LogP contribution >= 0.6 is 0 Å². The average molecular weight is 359 g/mol. The van der Waals surface area contributed by atoms with Crippen molar-refractivity contribution in [3.63, 3.8) is 0 Å². The largest absolute Gasteiger partial charge is 0.357 e. The molecule has 2 aliphatic rings. The Hall–Kier alpha value is -2.94. The van der Waals surface area contributed by atoms with Crippen molar-refractivity contribution in [1.29, 1.82) is 0 Å². The summed E-state index contributed by atoms with van der Waals surface area (Å²) in [5, 5.41) is 0. The summed E-state index contributed by atoms with van der Waals surface area (Å²) in [6.45, 7) is 3.10. The van der Waals surface area contributed by atoms with Gasteiger partial charge in [-0.1, -0.05) is 42.5 Å². The Labute approximate surface area is 157 Å². The van der Waals surface area contributed by atoms with Crippen molar-refractivity contribution < 1.29 is 8.78 Å². The molecule has 0 aromatic heterocycles. The van der Waals surface area contributed by atoms with E-state index in [0.717, 1.165) is 29.7 Å². The van der Waals surface area contributed by atoms with Gasteiger partial charge in [0.05, 0.1) is 5.54 Å². The van der Waals surface area contributed by atoms with Crippen LogP contribution < -0.4 is 4.90 Å². The zero-order chi connectivity index (χ0) is 18.6. The molecule has 3 heteroatoms. The molecule has 2 heterocycles. The van der Waals surface area contributed by atoms with E-state index >= 15 is 0 Å². The first-order chi connectivity index (χ1) is 13.1. The van der Waals surface area contributed by atoms with Gasteiger partial charge in [-0.2, -0.15) is 0 Å². The van der Waals surface area contributed by atoms with Crippen molar-refractivity contribution in [3.05, 3.63) is 107 Å². The van der Waals surface area contributed by atoms with E-state index < -0.39 is 5.54 Å². The second-order valence-corrected chi connectivity index (χ2v) is 7.43. The lowest BCUT2D eigenvalue weighted by Crippen LogP contribution is -2.44. The molecule has 0 saturated heterocycles. The number of hydrogen-bond donors (Lipinski definition) is 0. The lowest BCUT2D eigenvalue weighted by atomic mass is 9.80. The lowest BCUT2D eigenvalue weighted by Gasteiger charge is -2.44. The molecule has 5 rings (SSSR count). The van der Waals surface area contributed by atoms with Crippen molar-refractivity contribution in [1.82, 2.24) is 0 Å². The van der Waals surface area contributed by atoms with Gasteiger partial charge < -0.3 is 4.90 Å². The normalized spacial score (nSPS) is 20.4. The molecule has 0 radical (unpaired) electrons. The average Bonchev–Trinajstić information content (AvgIpc) is 3.12. The SMILES string of the molecule is CC1(c2ccc(F)cc2)C=C(c2ccc(F)cc2)c2cccc3c2N1CC3. The van der Waals surface area contributed by atoms with Crippen LogP contribution in [-0.2, 0) is 12.0 Å². The maximum atomic E-state index is 13.5. The van der Waals surface area contributed by atoms with Crippen LogP contribution in [0.3, 0.4) is 0 Å². The molecule has 1 nitrogen and oxygen atoms in total. The highest BCUT2D eigenvalue weighted by Gasteiger charge is 2.41. The highest BCUT2D eigenvalue weighted by Crippen LogP contribution is 2.50. The topological polar surface area (TPSA) is 3.24 Å². The molecule has 1 unspecified atom stereocenters. The molecular weight excluding hydrogens is 340 g/mol. The van der Waals surface area contributed by atoms with E-state index in [0.29, 0.717) is 0 Å². The van der Waals surface area contributed by atoms with Gasteiger partial charge in [0.2, 0.25) is 0 Å². The van der Waals surface area contributed by atoms with Crippen LogP contribution in [0.4, 0.5) is 14.5 Å². The first kappa shape index (κ1) is 16.2. The maximum Gasteiger partial charge on any atom is 0.123 e. The van der Waals surface area contributed by atoms with E-state index in [4.69, 9.17) is 0 Å². The van der Waals surface area contributed by atoms with Crippen LogP contribution in [0.25, 0.3) is 5.57 Å². The summed E-state index contributed by atoms with van der Waals surface area (Å²) in [5.74, 6) is -0.472. The van der Waals surface area contributed by atoms with Crippen molar-refractivity contribution in [2.24, 2.45) is 0 Å². The van der Waals surface area contributed by atoms with Crippen molar-refractivity contribution >= 4 is 11.3 Å². The molecule has 0 aliphatic carbocycles. The van der Waals surface area contributed by atoms with E-state index in [1.165, 1.54) is 41.1 Å². The fourth-order valence-corrected chi connectivity index (χ4v) is 4.47. The fourth-order valence-electron chi connectivity index (χ4n) is 4.47. The minimum atomic E-state index is -0.392. The number of nitrogens with zero attached hydrogens (tertiary/aromatic N) is 1. The highest BCUT2D eigenvalue weighted by atomic mass is 19.1. The number of rotatable bonds is 2. The van der Waals surface area contributed by atoms with Crippen LogP contribution in [0.15, 0.2) is 72.8 Å². The van der Waals surface area contributed by atoms with Crippen LogP contribution in [0.5, 0.6) is 0 Å². The van der Waals surface area contributed by atoms with E-state index in [9.17, 15) is 8.78 Å². The van der Waals surface area contributed by atoms with Gasteiger partial charge in [-0.25, -0.2) is 8.78 Å². The molecule has 2 aliphatic heterocycles. The first-order valence-corrected chi connectivity index (χ1v) is 9.21. The summed E-state index contributed by atoms with van der Waals surface area (Å²) < 4.78 is 27.0. The molecule has 1 atom stereocenters. The quantitative estimate of drug-likeness (QED) is 0.568. The van der Waals surface area contributed by atoms with Crippen LogP contribution in [0.1, 0.15) is 29.2 Å². The van der Waals surface area contributed by atoms with Crippen LogP contribution in [-0.4, -0.2) is 6.54 Å². The zero-order valence-electron chi connectivity index (χ0n) is 15.0. The summed E-state index contributed by atoms with van der Waals surface area (Å²) >= 11 is 0. The number of hydrogen-bond acceptors (Lipinski definition) is 1. The Bertz CT molecular complexity index is 1050. The van der Waals surface area contributed by atoms with E-state index in [1.54, 1.807) is 0 Å². The van der Waals surface area contributed by atoms with Crippen LogP contribution in [0, 0.1) is 11.6 Å². The van der Waals surface area contributed by atoms with Gasteiger partial charge in [-0.3, -0.25) is 0 Å². The summed E-state index contributed by atoms with van der Waals surface area (Å²) in [6, 6.07) is 19.8. The summed E-state index contributed by atoms with van der Waals surface area (Å²) in [6.07, 6.45) is 3.23. The van der Waals surface area contributed by atoms with Gasteiger partial charge in [0.1, 0.15) is 11.6 Å². The minimum absolute atomic E-state index is 0.233. The van der Waals surface area contributed by atoms with Crippen molar-refractivity contribution in [2.45, 2.75) is 18.9 Å². The van der Waals surface area contributed by atoms with Crippen molar-refractivity contribution in [2.75, 3.05) is 11.4 Å². The monoisotopic (exact) mass is 359 g/mol. The number of anilines is 1. The molecule has 0 N–H and O–H groups in total. The maximum absolute atomic E-state index is 13.5. The van der Waals surface area contributed by atoms with E-state index in [1.807, 2.05) is 24.3 Å². The summed E-state index contributed by atoms with van der Waals surface area (Å²) in [4.78, 5) is 2.41. The first-order valence-electron chi connectivity index (χ1n) is 9.21. The van der Waals surface area contributed by atoms with Crippen molar-refractivity contribution in [3.8, 4) is 0 Å². The number of halogens is 2. The predicted molar refractivity (Wildman–Crippen MR) is 105 cm³/mol. The molecule has 3 aromatic rings. The Morgan fingerprint density at radius 3 is 2.22 bits per heavy atom. The third-order valence-electron chi connectivity index (χ3n) is 5.85. The summed E-state index contributed by atoms with van der Waals surface area (Å²) in [7, 11) is 0. The molecule has 3 aromatic carbocycles. The highest BCUT2D eigenvalue weighted by molar-refractivity contribution is 5.92. The predicted octanol–water partition coefficient (Wildman–Crippen LogP) is 5.69. The zero-order valence-corrected chi connectivity index (χ0v) is 15.0. The molecular formula is C24H19F2N. The van der Waals surface area contributed by atoms with E-state index in [-0.39, 0.29) is 11.6 Å². The smallest absolute Gasteiger partial charge is 0.123 e. The third-order valence-corrected chi connectivity index (χ3v) is 5.85. The number of benzene rings is 3. The van der Waals surface area contributed by atoms with E-state index in [2.05, 4.69) is 36.1 Å². The standard InChI is InChI=1S/C24H19F2N/c1-24(18-7-11-20(26)12-8-18)15-22(16-5-9-19(25)10-6-16)21-4-2-3-17-13-14-27(24)23(17)21/h2-12,15H,13-14H2,1H3. The fraction of sp³-hybridized carbons (Fsp3) is 0.167. The van der Waals surface area contributed by atoms with Gasteiger partial charge >= 0.3 is 0 Å². The lowest BCUT2D eigenvalue weighted by molar-refractivity contribution is 0.548. The molecule has 27 heavy (non-hydrogen) atoms. The van der Waals surface area contributed by atoms with Gasteiger partial charge in [-0.15, -0.1) is 0 Å². The molecule has 0 fully saturated rings. The second kappa shape index (κ2) is 5.78. The van der Waals surface area contributed by atoms with Crippen LogP contribution in [0.2, 0.25) is 0 Å². The Morgan fingerprint density at radius 1 is 0.852 bits per heavy atom. The Morgan fingerprint density at radius 2 is 1.52 bits per heavy atom. The summed E-state index contributed by atoms with van der Waals surface area (Å²) in [5.41, 5.74) is 6.49. The minimum Gasteiger partial charge on any atom is -0.357 e. The van der Waals surface area contributed by atoms with Gasteiger partial charge in [-0.05, 0) is 65.9 Å². The van der Waals surface area contributed by atoms with Gasteiger partial charge in [0.15, 0.2) is 0 Å². The van der Waals surface area contributed by atoms with Gasteiger partial charge in [0, 0.05) is 17.8 Å². The molecule has 134 valence electrons. The molecule has 0 saturated carbocycles. The van der Waals surface area contributed by atoms with Gasteiger partial charge in [0.25, 0.3) is 0 Å². The molecule has 0 spiro atoms. The Balaban J connectivity index is 1.77. The third kappa shape index (κ3) is 2.42. The molecule has 0 amide bonds. The number of para-hydroxylation sites is 1. The molecule has 0 bridgehead atoms. The Kier molecular flexibility index (Phi) is 3.48.